The molecule has 5 nitrogen and oxygen atoms in total. The highest BCUT2D eigenvalue weighted by molar-refractivity contribution is 7.98. The van der Waals surface area contributed by atoms with Gasteiger partial charge in [-0.2, -0.15) is 0 Å². The summed E-state index contributed by atoms with van der Waals surface area (Å²) in [6, 6.07) is 7.74. The van der Waals surface area contributed by atoms with E-state index in [1.54, 1.807) is 25.1 Å². The number of hydrogen-bond donors (Lipinski definition) is 0. The average Bonchev–Trinajstić information content (AvgIpc) is 2.78. The van der Waals surface area contributed by atoms with Gasteiger partial charge in [0.1, 0.15) is 11.5 Å². The Balaban J connectivity index is 2.21. The standard InChI is InChI=1S/C14H12O5S/c1-8-6-10(14(17)18)11(19-8)7-20-12-5-3-2-4-9(12)13(15)16/h2-6H,7H2,1H3,(H,15,16)(H,17,18)/p-2. The number of carbonyl (C=O) groups is 2. The number of carboxylic acid groups (broad SMARTS) is 2. The Bertz CT molecular complexity index is 659. The van der Waals surface area contributed by atoms with Crippen LogP contribution >= 0.6 is 11.8 Å². The molecule has 2 aromatic rings. The van der Waals surface area contributed by atoms with Gasteiger partial charge < -0.3 is 24.2 Å². The molecular formula is C14H10O5S-2. The minimum absolute atomic E-state index is 0.0130. The maximum absolute atomic E-state index is 11.0. The molecule has 1 aromatic carbocycles. The number of aromatic carboxylic acids is 2. The van der Waals surface area contributed by atoms with E-state index in [0.717, 1.165) is 0 Å². The molecule has 0 fully saturated rings. The predicted molar refractivity (Wildman–Crippen MR) is 68.1 cm³/mol. The molecule has 0 atom stereocenters. The van der Waals surface area contributed by atoms with Crippen LogP contribution in [-0.4, -0.2) is 11.9 Å². The number of aryl methyl sites for hydroxylation is 1. The van der Waals surface area contributed by atoms with Crippen molar-refractivity contribution in [1.29, 1.82) is 0 Å². The van der Waals surface area contributed by atoms with Crippen molar-refractivity contribution >= 4 is 23.7 Å². The van der Waals surface area contributed by atoms with Crippen molar-refractivity contribution in [3.05, 3.63) is 53.0 Å². The molecule has 0 radical (unpaired) electrons. The fourth-order valence-corrected chi connectivity index (χ4v) is 2.73. The lowest BCUT2D eigenvalue weighted by Crippen LogP contribution is -2.23. The third-order valence-electron chi connectivity index (χ3n) is 2.62. The zero-order valence-corrected chi connectivity index (χ0v) is 11.4. The lowest BCUT2D eigenvalue weighted by Gasteiger charge is -2.09. The van der Waals surface area contributed by atoms with Gasteiger partial charge in [0.2, 0.25) is 0 Å². The second-order valence-electron chi connectivity index (χ2n) is 4.05. The first-order chi connectivity index (χ1) is 9.49. The van der Waals surface area contributed by atoms with Gasteiger partial charge in [-0.3, -0.25) is 0 Å². The van der Waals surface area contributed by atoms with Crippen LogP contribution in [0, 0.1) is 6.92 Å². The van der Waals surface area contributed by atoms with Gasteiger partial charge in [-0.05, 0) is 19.1 Å². The minimum atomic E-state index is -1.31. The van der Waals surface area contributed by atoms with E-state index in [-0.39, 0.29) is 22.6 Å². The number of carboxylic acids is 2. The van der Waals surface area contributed by atoms with Gasteiger partial charge >= 0.3 is 0 Å². The summed E-state index contributed by atoms with van der Waals surface area (Å²) in [6.07, 6.45) is 0. The van der Waals surface area contributed by atoms with E-state index >= 15 is 0 Å². The molecule has 0 saturated heterocycles. The normalized spacial score (nSPS) is 10.4. The van der Waals surface area contributed by atoms with Crippen molar-refractivity contribution in [1.82, 2.24) is 0 Å². The van der Waals surface area contributed by atoms with Crippen LogP contribution in [0.15, 0.2) is 39.6 Å². The Morgan fingerprint density at radius 2 is 1.80 bits per heavy atom. The van der Waals surface area contributed by atoms with E-state index in [1.165, 1.54) is 23.9 Å². The summed E-state index contributed by atoms with van der Waals surface area (Å²) in [4.78, 5) is 22.4. The predicted octanol–water partition coefficient (Wildman–Crippen LogP) is 0.607. The first kappa shape index (κ1) is 14.2. The third kappa shape index (κ3) is 3.03. The molecule has 104 valence electrons. The van der Waals surface area contributed by atoms with Gasteiger partial charge in [0.05, 0.1) is 17.7 Å². The Morgan fingerprint density at radius 3 is 2.45 bits per heavy atom. The lowest BCUT2D eigenvalue weighted by molar-refractivity contribution is -0.256. The third-order valence-corrected chi connectivity index (χ3v) is 3.69. The summed E-state index contributed by atoms with van der Waals surface area (Å²) in [7, 11) is 0. The molecule has 1 aromatic heterocycles. The van der Waals surface area contributed by atoms with Crippen molar-refractivity contribution in [2.24, 2.45) is 0 Å². The SMILES string of the molecule is Cc1cc(C(=O)[O-])c(CSc2ccccc2C(=O)[O-])o1. The van der Waals surface area contributed by atoms with Crippen molar-refractivity contribution in [3.8, 4) is 0 Å². The summed E-state index contributed by atoms with van der Waals surface area (Å²) in [5.74, 6) is -1.68. The second-order valence-corrected chi connectivity index (χ2v) is 5.07. The number of carbonyl (C=O) groups excluding carboxylic acids is 2. The fourth-order valence-electron chi connectivity index (χ4n) is 1.75. The molecular weight excluding hydrogens is 280 g/mol. The molecule has 0 aliphatic heterocycles. The molecule has 0 bridgehead atoms. The van der Waals surface area contributed by atoms with Crippen LogP contribution in [0.1, 0.15) is 32.2 Å². The summed E-state index contributed by atoms with van der Waals surface area (Å²) in [5, 5.41) is 21.9. The van der Waals surface area contributed by atoms with E-state index in [9.17, 15) is 19.8 Å². The molecule has 0 unspecified atom stereocenters. The van der Waals surface area contributed by atoms with Crippen LogP contribution in [0.2, 0.25) is 0 Å². The smallest absolute Gasteiger partial charge is 0.123 e. The number of furan rings is 1. The minimum Gasteiger partial charge on any atom is -0.545 e. The van der Waals surface area contributed by atoms with E-state index < -0.39 is 11.9 Å². The zero-order valence-electron chi connectivity index (χ0n) is 10.5. The zero-order chi connectivity index (χ0) is 14.7. The molecule has 6 heteroatoms. The number of thioether (sulfide) groups is 1. The number of hydrogen-bond acceptors (Lipinski definition) is 6. The second kappa shape index (κ2) is 5.83. The van der Waals surface area contributed by atoms with Gasteiger partial charge in [-0.25, -0.2) is 0 Å². The lowest BCUT2D eigenvalue weighted by atomic mass is 10.2. The molecule has 0 N–H and O–H groups in total. The van der Waals surface area contributed by atoms with Crippen molar-refractivity contribution < 1.29 is 24.2 Å². The highest BCUT2D eigenvalue weighted by Crippen LogP contribution is 2.28. The van der Waals surface area contributed by atoms with Gasteiger partial charge in [0.15, 0.2) is 0 Å². The van der Waals surface area contributed by atoms with E-state index in [4.69, 9.17) is 4.42 Å². The summed E-state index contributed by atoms with van der Waals surface area (Å²) in [6.45, 7) is 1.63. The fraction of sp³-hybridized carbons (Fsp3) is 0.143. The van der Waals surface area contributed by atoms with Crippen LogP contribution in [0.25, 0.3) is 0 Å². The van der Waals surface area contributed by atoms with Crippen molar-refractivity contribution in [3.63, 3.8) is 0 Å². The first-order valence-electron chi connectivity index (χ1n) is 5.73. The molecule has 0 saturated carbocycles. The quantitative estimate of drug-likeness (QED) is 0.749. The molecule has 0 aliphatic carbocycles. The van der Waals surface area contributed by atoms with Gasteiger partial charge in [0, 0.05) is 16.0 Å². The van der Waals surface area contributed by atoms with E-state index in [0.29, 0.717) is 10.7 Å². The van der Waals surface area contributed by atoms with Gasteiger partial charge in [-0.15, -0.1) is 11.8 Å². The first-order valence-corrected chi connectivity index (χ1v) is 6.71. The Labute approximate surface area is 119 Å². The molecule has 0 aliphatic rings. The maximum atomic E-state index is 11.0. The largest absolute Gasteiger partial charge is 0.545 e. The highest BCUT2D eigenvalue weighted by atomic mass is 32.2. The molecule has 0 amide bonds. The Hall–Kier alpha value is -2.21. The van der Waals surface area contributed by atoms with Crippen molar-refractivity contribution in [2.75, 3.05) is 0 Å². The monoisotopic (exact) mass is 290 g/mol. The van der Waals surface area contributed by atoms with Crippen LogP contribution in [0.5, 0.6) is 0 Å². The van der Waals surface area contributed by atoms with Gasteiger partial charge in [0.25, 0.3) is 0 Å². The van der Waals surface area contributed by atoms with E-state index in [1.807, 2.05) is 0 Å². The molecule has 0 spiro atoms. The molecule has 20 heavy (non-hydrogen) atoms. The Kier molecular flexibility index (Phi) is 4.14. The summed E-state index contributed by atoms with van der Waals surface area (Å²) in [5.41, 5.74) is 0.0525. The highest BCUT2D eigenvalue weighted by Gasteiger charge is 2.12. The van der Waals surface area contributed by atoms with Crippen LogP contribution in [0.4, 0.5) is 0 Å². The maximum Gasteiger partial charge on any atom is 0.123 e. The topological polar surface area (TPSA) is 93.4 Å². The average molecular weight is 290 g/mol. The number of rotatable bonds is 5. The van der Waals surface area contributed by atoms with Gasteiger partial charge in [-0.1, -0.05) is 18.2 Å². The van der Waals surface area contributed by atoms with Crippen LogP contribution < -0.4 is 10.2 Å². The number of benzene rings is 1. The van der Waals surface area contributed by atoms with Crippen LogP contribution in [0.3, 0.4) is 0 Å². The molecule has 1 heterocycles. The Morgan fingerprint density at radius 1 is 1.15 bits per heavy atom. The van der Waals surface area contributed by atoms with E-state index in [2.05, 4.69) is 0 Å². The van der Waals surface area contributed by atoms with Crippen molar-refractivity contribution in [2.45, 2.75) is 17.6 Å². The molecule has 2 rings (SSSR count). The van der Waals surface area contributed by atoms with Crippen LogP contribution in [-0.2, 0) is 5.75 Å². The summed E-state index contributed by atoms with van der Waals surface area (Å²) >= 11 is 1.17. The summed E-state index contributed by atoms with van der Waals surface area (Å²) < 4.78 is 5.29.